The lowest BCUT2D eigenvalue weighted by molar-refractivity contribution is 0.414. The van der Waals surface area contributed by atoms with E-state index < -0.39 is 0 Å². The predicted octanol–water partition coefficient (Wildman–Crippen LogP) is 4.88. The van der Waals surface area contributed by atoms with Crippen LogP contribution in [0.5, 0.6) is 11.5 Å². The lowest BCUT2D eigenvalue weighted by atomic mass is 10.3. The molecule has 0 spiro atoms. The van der Waals surface area contributed by atoms with Gasteiger partial charge in [-0.25, -0.2) is 0 Å². The van der Waals surface area contributed by atoms with Gasteiger partial charge < -0.3 is 19.3 Å². The second-order valence-corrected chi connectivity index (χ2v) is 5.81. The average Bonchev–Trinajstić information content (AvgIpc) is 2.65. The molecule has 2 rings (SSSR count). The van der Waals surface area contributed by atoms with Crippen molar-refractivity contribution in [2.45, 2.75) is 0 Å². The molecule has 0 saturated heterocycles. The fraction of sp³-hybridized carbons (Fsp3) is 0.222. The lowest BCUT2D eigenvalue weighted by Crippen LogP contribution is -2.21. The van der Waals surface area contributed by atoms with Gasteiger partial charge in [-0.2, -0.15) is 0 Å². The first kappa shape index (κ1) is 18.3. The van der Waals surface area contributed by atoms with Crippen molar-refractivity contribution in [2.75, 3.05) is 38.1 Å². The van der Waals surface area contributed by atoms with Crippen LogP contribution in [0.4, 0.5) is 11.4 Å². The topological polar surface area (TPSA) is 24.9 Å². The first-order chi connectivity index (χ1) is 11.5. The Labute approximate surface area is 152 Å². The Balaban J connectivity index is 2.23. The second kappa shape index (κ2) is 8.18. The number of ether oxygens (including phenoxy) is 2. The number of hydrogen-bond donors (Lipinski definition) is 0. The van der Waals surface area contributed by atoms with Gasteiger partial charge in [0.1, 0.15) is 21.8 Å². The molecule has 2 aromatic carbocycles. The van der Waals surface area contributed by atoms with Gasteiger partial charge in [-0.05, 0) is 48.5 Å². The molecule has 0 saturated carbocycles. The lowest BCUT2D eigenvalue weighted by Gasteiger charge is -2.25. The van der Waals surface area contributed by atoms with Crippen LogP contribution in [0.25, 0.3) is 0 Å². The van der Waals surface area contributed by atoms with E-state index in [0.717, 1.165) is 22.9 Å². The summed E-state index contributed by atoms with van der Waals surface area (Å²) in [6.07, 6.45) is 0. The molecule has 0 unspecified atom stereocenters. The zero-order chi connectivity index (χ0) is 17.7. The molecule has 0 bridgehead atoms. The van der Waals surface area contributed by atoms with Crippen LogP contribution >= 0.6 is 23.2 Å². The van der Waals surface area contributed by atoms with Crippen molar-refractivity contribution in [3.8, 4) is 11.5 Å². The van der Waals surface area contributed by atoms with Crippen molar-refractivity contribution in [1.29, 1.82) is 0 Å². The normalized spacial score (nSPS) is 11.6. The largest absolute Gasteiger partial charge is 0.497 e. The first-order valence-electron chi connectivity index (χ1n) is 7.28. The number of methoxy groups -OCH3 is 2. The third-order valence-electron chi connectivity index (χ3n) is 3.68. The highest BCUT2D eigenvalue weighted by Gasteiger charge is 2.14. The van der Waals surface area contributed by atoms with E-state index in [2.05, 4.69) is 0 Å². The Morgan fingerprint density at radius 2 is 0.958 bits per heavy atom. The van der Waals surface area contributed by atoms with Gasteiger partial charge in [-0.15, -0.1) is 0 Å². The minimum atomic E-state index is 0.417. The first-order valence-corrected chi connectivity index (χ1v) is 8.04. The Bertz CT molecular complexity index is 638. The molecule has 6 heteroatoms. The minimum Gasteiger partial charge on any atom is -0.497 e. The van der Waals surface area contributed by atoms with Gasteiger partial charge in [0.05, 0.1) is 14.2 Å². The molecule has 0 aromatic heterocycles. The van der Waals surface area contributed by atoms with E-state index in [0.29, 0.717) is 10.3 Å². The molecule has 0 radical (unpaired) electrons. The van der Waals surface area contributed by atoms with E-state index in [1.165, 1.54) is 0 Å². The van der Waals surface area contributed by atoms with E-state index in [4.69, 9.17) is 32.7 Å². The third-order valence-corrected chi connectivity index (χ3v) is 4.64. The summed E-state index contributed by atoms with van der Waals surface area (Å²) in [5.74, 6) is 1.57. The Morgan fingerprint density at radius 3 is 1.21 bits per heavy atom. The highest BCUT2D eigenvalue weighted by Crippen LogP contribution is 2.30. The van der Waals surface area contributed by atoms with Gasteiger partial charge in [-0.1, -0.05) is 23.2 Å². The van der Waals surface area contributed by atoms with Gasteiger partial charge in [0, 0.05) is 25.5 Å². The van der Waals surface area contributed by atoms with E-state index in [9.17, 15) is 0 Å². The third kappa shape index (κ3) is 4.08. The predicted molar refractivity (Wildman–Crippen MR) is 102 cm³/mol. The molecule has 0 N–H and O–H groups in total. The standard InChI is InChI=1S/C18H20Cl2N2O2/c1-21(13-5-9-15(23-3)10-6-13)17(19)18(20)22(2)14-7-11-16(24-4)12-8-14/h5-12H,1-4H3/b18-17+. The van der Waals surface area contributed by atoms with Gasteiger partial charge in [0.15, 0.2) is 0 Å². The Hall–Kier alpha value is -2.04. The molecule has 0 aliphatic carbocycles. The number of nitrogens with zero attached hydrogens (tertiary/aromatic N) is 2. The van der Waals surface area contributed by atoms with E-state index >= 15 is 0 Å². The summed E-state index contributed by atoms with van der Waals surface area (Å²) >= 11 is 12.9. The van der Waals surface area contributed by atoms with Gasteiger partial charge in [-0.3, -0.25) is 0 Å². The van der Waals surface area contributed by atoms with Gasteiger partial charge in [0.25, 0.3) is 0 Å². The number of anilines is 2. The van der Waals surface area contributed by atoms with E-state index in [-0.39, 0.29) is 0 Å². The van der Waals surface area contributed by atoms with Crippen LogP contribution in [0, 0.1) is 0 Å². The number of halogens is 2. The van der Waals surface area contributed by atoms with Crippen LogP contribution in [0.2, 0.25) is 0 Å². The molecule has 0 heterocycles. The van der Waals surface area contributed by atoms with E-state index in [1.54, 1.807) is 14.2 Å². The molecule has 0 fully saturated rings. The summed E-state index contributed by atoms with van der Waals surface area (Å²) in [7, 11) is 6.97. The van der Waals surface area contributed by atoms with Crippen LogP contribution in [0.15, 0.2) is 58.8 Å². The van der Waals surface area contributed by atoms with Crippen LogP contribution in [-0.2, 0) is 0 Å². The minimum absolute atomic E-state index is 0.417. The molecule has 0 atom stereocenters. The molecule has 128 valence electrons. The molecular weight excluding hydrogens is 347 g/mol. The summed E-state index contributed by atoms with van der Waals surface area (Å²) in [5, 5.41) is 0.834. The monoisotopic (exact) mass is 366 g/mol. The van der Waals surface area contributed by atoms with Crippen molar-refractivity contribution in [1.82, 2.24) is 0 Å². The van der Waals surface area contributed by atoms with Crippen LogP contribution < -0.4 is 19.3 Å². The zero-order valence-corrected chi connectivity index (χ0v) is 15.6. The second-order valence-electron chi connectivity index (χ2n) is 5.10. The van der Waals surface area contributed by atoms with Crippen LogP contribution in [0.1, 0.15) is 0 Å². The van der Waals surface area contributed by atoms with Crippen LogP contribution in [-0.4, -0.2) is 28.3 Å². The van der Waals surface area contributed by atoms with Crippen molar-refractivity contribution in [2.24, 2.45) is 0 Å². The molecule has 0 amide bonds. The summed E-state index contributed by atoms with van der Waals surface area (Å²) in [5.41, 5.74) is 1.81. The summed E-state index contributed by atoms with van der Waals surface area (Å²) in [4.78, 5) is 3.62. The number of hydrogen-bond acceptors (Lipinski definition) is 4. The fourth-order valence-corrected chi connectivity index (χ4v) is 2.56. The number of rotatable bonds is 6. The fourth-order valence-electron chi connectivity index (χ4n) is 2.12. The molecule has 0 aliphatic rings. The maximum atomic E-state index is 6.47. The average molecular weight is 367 g/mol. The van der Waals surface area contributed by atoms with Gasteiger partial charge in [0.2, 0.25) is 0 Å². The summed E-state index contributed by atoms with van der Waals surface area (Å²) < 4.78 is 10.3. The summed E-state index contributed by atoms with van der Waals surface area (Å²) in [6, 6.07) is 15.2. The molecule has 24 heavy (non-hydrogen) atoms. The maximum absolute atomic E-state index is 6.47. The molecule has 4 nitrogen and oxygen atoms in total. The van der Waals surface area contributed by atoms with Crippen molar-refractivity contribution < 1.29 is 9.47 Å². The van der Waals surface area contributed by atoms with Crippen molar-refractivity contribution in [3.05, 3.63) is 58.8 Å². The SMILES string of the molecule is COc1ccc(N(C)/C(Cl)=C(\Cl)N(C)c2ccc(OC)cc2)cc1. The highest BCUT2D eigenvalue weighted by atomic mass is 35.5. The maximum Gasteiger partial charge on any atom is 0.145 e. The van der Waals surface area contributed by atoms with Crippen LogP contribution in [0.3, 0.4) is 0 Å². The van der Waals surface area contributed by atoms with Gasteiger partial charge >= 0.3 is 0 Å². The highest BCUT2D eigenvalue weighted by molar-refractivity contribution is 6.41. The smallest absolute Gasteiger partial charge is 0.145 e. The van der Waals surface area contributed by atoms with Crippen molar-refractivity contribution >= 4 is 34.6 Å². The quantitative estimate of drug-likeness (QED) is 0.680. The Morgan fingerprint density at radius 1 is 0.667 bits per heavy atom. The van der Waals surface area contributed by atoms with E-state index in [1.807, 2.05) is 72.4 Å². The molecular formula is C18H20Cl2N2O2. The molecule has 0 aliphatic heterocycles. The van der Waals surface area contributed by atoms with Crippen molar-refractivity contribution in [3.63, 3.8) is 0 Å². The summed E-state index contributed by atoms with van der Waals surface area (Å²) in [6.45, 7) is 0. The zero-order valence-electron chi connectivity index (χ0n) is 14.1. The Kier molecular flexibility index (Phi) is 6.23. The molecule has 2 aromatic rings. The number of benzene rings is 2.